The van der Waals surface area contributed by atoms with Crippen LogP contribution in [0, 0.1) is 0 Å². The first-order valence-electron chi connectivity index (χ1n) is 5.68. The summed E-state index contributed by atoms with van der Waals surface area (Å²) in [6.07, 6.45) is 5.06. The monoisotopic (exact) mass is 290 g/mol. The first kappa shape index (κ1) is 12.5. The standard InChI is InChI=1S/C11H10N6O2S/c1-16-3-2-13-10(16)9-8(11(18)19)14-15-17(9)5-7-4-12-6-20-7/h2-4,6H,5H2,1H3,(H,18,19). The molecule has 0 aromatic carbocycles. The highest BCUT2D eigenvalue weighted by molar-refractivity contribution is 7.09. The number of nitrogens with zero attached hydrogens (tertiary/aromatic N) is 6. The van der Waals surface area contributed by atoms with Crippen LogP contribution in [0.3, 0.4) is 0 Å². The highest BCUT2D eigenvalue weighted by Crippen LogP contribution is 2.21. The molecule has 0 aliphatic rings. The molecule has 0 unspecified atom stereocenters. The molecular formula is C11H10N6O2S. The quantitative estimate of drug-likeness (QED) is 0.766. The Balaban J connectivity index is 2.11. The SMILES string of the molecule is Cn1ccnc1-c1c(C(=O)O)nnn1Cc1cncs1. The molecule has 3 aromatic rings. The Hall–Kier alpha value is -2.55. The predicted octanol–water partition coefficient (Wildman–Crippen LogP) is 0.882. The minimum atomic E-state index is -1.13. The molecule has 0 amide bonds. The van der Waals surface area contributed by atoms with E-state index in [1.807, 2.05) is 0 Å². The summed E-state index contributed by atoms with van der Waals surface area (Å²) < 4.78 is 3.26. The molecule has 0 saturated heterocycles. The second-order valence-corrected chi connectivity index (χ2v) is 5.05. The molecule has 9 heteroatoms. The van der Waals surface area contributed by atoms with Crippen LogP contribution in [0.1, 0.15) is 15.4 Å². The normalized spacial score (nSPS) is 10.8. The Kier molecular flexibility index (Phi) is 3.03. The van der Waals surface area contributed by atoms with Gasteiger partial charge >= 0.3 is 5.97 Å². The molecule has 102 valence electrons. The first-order valence-corrected chi connectivity index (χ1v) is 6.56. The fourth-order valence-corrected chi connectivity index (χ4v) is 2.43. The van der Waals surface area contributed by atoms with Crippen LogP contribution in [-0.4, -0.2) is 40.6 Å². The average molecular weight is 290 g/mol. The topological polar surface area (TPSA) is 98.7 Å². The van der Waals surface area contributed by atoms with Crippen LogP contribution in [0.5, 0.6) is 0 Å². The Morgan fingerprint density at radius 3 is 2.95 bits per heavy atom. The molecule has 3 rings (SSSR count). The number of hydrogen-bond donors (Lipinski definition) is 1. The summed E-state index contributed by atoms with van der Waals surface area (Å²) in [4.78, 5) is 20.4. The molecule has 0 spiro atoms. The number of thiazole rings is 1. The molecule has 1 N–H and O–H groups in total. The van der Waals surface area contributed by atoms with Crippen molar-refractivity contribution in [3.63, 3.8) is 0 Å². The molecule has 0 atom stereocenters. The van der Waals surface area contributed by atoms with Crippen LogP contribution in [0.25, 0.3) is 11.5 Å². The summed E-state index contributed by atoms with van der Waals surface area (Å²) in [5.74, 6) is -0.615. The molecular weight excluding hydrogens is 280 g/mol. The van der Waals surface area contributed by atoms with E-state index in [9.17, 15) is 9.90 Å². The van der Waals surface area contributed by atoms with E-state index in [1.165, 1.54) is 16.0 Å². The van der Waals surface area contributed by atoms with Gasteiger partial charge in [-0.3, -0.25) is 4.98 Å². The first-order chi connectivity index (χ1) is 9.66. The van der Waals surface area contributed by atoms with Crippen LogP contribution in [0.4, 0.5) is 0 Å². The molecule has 0 radical (unpaired) electrons. The molecule has 8 nitrogen and oxygen atoms in total. The average Bonchev–Trinajstić information content (AvgIpc) is 3.10. The van der Waals surface area contributed by atoms with Gasteiger partial charge in [0.2, 0.25) is 5.69 Å². The van der Waals surface area contributed by atoms with Gasteiger partial charge in [-0.2, -0.15) is 0 Å². The van der Waals surface area contributed by atoms with E-state index in [0.29, 0.717) is 18.1 Å². The van der Waals surface area contributed by atoms with Gasteiger partial charge < -0.3 is 9.67 Å². The number of hydrogen-bond acceptors (Lipinski definition) is 6. The zero-order valence-electron chi connectivity index (χ0n) is 10.5. The van der Waals surface area contributed by atoms with E-state index in [2.05, 4.69) is 20.3 Å². The van der Waals surface area contributed by atoms with Gasteiger partial charge in [-0.25, -0.2) is 14.5 Å². The van der Waals surface area contributed by atoms with Crippen molar-refractivity contribution < 1.29 is 9.90 Å². The fourth-order valence-electron chi connectivity index (χ4n) is 1.85. The molecule has 0 saturated carbocycles. The van der Waals surface area contributed by atoms with Crippen LogP contribution >= 0.6 is 11.3 Å². The maximum absolute atomic E-state index is 11.3. The number of rotatable bonds is 4. The number of carboxylic acids is 1. The third-order valence-corrected chi connectivity index (χ3v) is 3.52. The van der Waals surface area contributed by atoms with E-state index in [0.717, 1.165) is 4.88 Å². The van der Waals surface area contributed by atoms with Gasteiger partial charge in [-0.15, -0.1) is 16.4 Å². The largest absolute Gasteiger partial charge is 0.476 e. The lowest BCUT2D eigenvalue weighted by molar-refractivity contribution is 0.0691. The van der Waals surface area contributed by atoms with Crippen molar-refractivity contribution >= 4 is 17.3 Å². The molecule has 0 bridgehead atoms. The van der Waals surface area contributed by atoms with Crippen molar-refractivity contribution in [2.75, 3.05) is 0 Å². The van der Waals surface area contributed by atoms with Crippen LogP contribution in [0.15, 0.2) is 24.1 Å². The number of carbonyl (C=O) groups is 1. The minimum Gasteiger partial charge on any atom is -0.476 e. The van der Waals surface area contributed by atoms with E-state index in [-0.39, 0.29) is 5.69 Å². The van der Waals surface area contributed by atoms with E-state index >= 15 is 0 Å². The summed E-state index contributed by atoms with van der Waals surface area (Å²) in [5.41, 5.74) is 1.99. The number of carboxylic acid groups (broad SMARTS) is 1. The zero-order valence-corrected chi connectivity index (χ0v) is 11.3. The van der Waals surface area contributed by atoms with Crippen LogP contribution < -0.4 is 0 Å². The van der Waals surface area contributed by atoms with Crippen molar-refractivity contribution in [1.29, 1.82) is 0 Å². The molecule has 20 heavy (non-hydrogen) atoms. The Bertz CT molecular complexity index is 745. The minimum absolute atomic E-state index is 0.108. The molecule has 0 fully saturated rings. The van der Waals surface area contributed by atoms with Gasteiger partial charge in [0.05, 0.1) is 12.1 Å². The number of aryl methyl sites for hydroxylation is 1. The third kappa shape index (κ3) is 2.07. The van der Waals surface area contributed by atoms with Crippen molar-refractivity contribution in [3.8, 4) is 11.5 Å². The summed E-state index contributed by atoms with van der Waals surface area (Å²) in [6, 6.07) is 0. The maximum atomic E-state index is 11.3. The molecule has 0 aliphatic heterocycles. The maximum Gasteiger partial charge on any atom is 0.358 e. The van der Waals surface area contributed by atoms with E-state index in [1.54, 1.807) is 35.7 Å². The van der Waals surface area contributed by atoms with Crippen molar-refractivity contribution in [3.05, 3.63) is 34.7 Å². The second kappa shape index (κ2) is 4.85. The van der Waals surface area contributed by atoms with Gasteiger partial charge in [-0.1, -0.05) is 5.21 Å². The van der Waals surface area contributed by atoms with Crippen molar-refractivity contribution in [1.82, 2.24) is 29.5 Å². The van der Waals surface area contributed by atoms with Gasteiger partial charge in [0.15, 0.2) is 5.82 Å². The van der Waals surface area contributed by atoms with E-state index < -0.39 is 5.97 Å². The highest BCUT2D eigenvalue weighted by Gasteiger charge is 2.23. The summed E-state index contributed by atoms with van der Waals surface area (Å²) in [7, 11) is 1.79. The molecule has 3 heterocycles. The van der Waals surface area contributed by atoms with Gasteiger partial charge in [0.1, 0.15) is 5.69 Å². The molecule has 3 aromatic heterocycles. The summed E-state index contributed by atoms with van der Waals surface area (Å²) in [5, 5.41) is 16.9. The number of aromatic nitrogens is 6. The number of aromatic carboxylic acids is 1. The Morgan fingerprint density at radius 2 is 2.35 bits per heavy atom. The summed E-state index contributed by atoms with van der Waals surface area (Å²) in [6.45, 7) is 0.410. The van der Waals surface area contributed by atoms with Gasteiger partial charge in [0, 0.05) is 30.5 Å². The highest BCUT2D eigenvalue weighted by atomic mass is 32.1. The lowest BCUT2D eigenvalue weighted by Gasteiger charge is -2.05. The summed E-state index contributed by atoms with van der Waals surface area (Å²) >= 11 is 1.47. The van der Waals surface area contributed by atoms with Crippen molar-refractivity contribution in [2.45, 2.75) is 6.54 Å². The number of imidazole rings is 1. The smallest absolute Gasteiger partial charge is 0.358 e. The van der Waals surface area contributed by atoms with Crippen LogP contribution in [0.2, 0.25) is 0 Å². The fraction of sp³-hybridized carbons (Fsp3) is 0.182. The zero-order chi connectivity index (χ0) is 14.1. The van der Waals surface area contributed by atoms with E-state index in [4.69, 9.17) is 0 Å². The van der Waals surface area contributed by atoms with Crippen LogP contribution in [-0.2, 0) is 13.6 Å². The third-order valence-electron chi connectivity index (χ3n) is 2.76. The lowest BCUT2D eigenvalue weighted by atomic mass is 10.3. The lowest BCUT2D eigenvalue weighted by Crippen LogP contribution is -2.08. The Labute approximate surface area is 117 Å². The molecule has 0 aliphatic carbocycles. The predicted molar refractivity (Wildman–Crippen MR) is 70.4 cm³/mol. The Morgan fingerprint density at radius 1 is 1.50 bits per heavy atom. The van der Waals surface area contributed by atoms with Crippen molar-refractivity contribution in [2.24, 2.45) is 7.05 Å². The van der Waals surface area contributed by atoms with Gasteiger partial charge in [0.25, 0.3) is 0 Å². The second-order valence-electron chi connectivity index (χ2n) is 4.08. The van der Waals surface area contributed by atoms with Gasteiger partial charge in [-0.05, 0) is 0 Å².